The van der Waals surface area contributed by atoms with E-state index in [1.165, 1.54) is 21.6 Å². The highest BCUT2D eigenvalue weighted by Crippen LogP contribution is 2.17. The van der Waals surface area contributed by atoms with Crippen molar-refractivity contribution in [3.05, 3.63) is 34.6 Å². The van der Waals surface area contributed by atoms with E-state index >= 15 is 0 Å². The van der Waals surface area contributed by atoms with Gasteiger partial charge in [0.15, 0.2) is 5.16 Å². The molecule has 2 rings (SSSR count). The standard InChI is InChI=1S/C20H29N5O3S/c1-5-24(6-2)11-12-25-19(28)15-9-7-8-10-16(15)22-20(25)29-14-17(26)21-13-18(27)23(3)4/h7-10H,5-6,11-14H2,1-4H3,(H,21,26)/p+1. The number of carbonyl (C=O) groups is 2. The number of amides is 2. The molecule has 2 N–H and O–H groups in total. The second-order valence-electron chi connectivity index (χ2n) is 6.93. The summed E-state index contributed by atoms with van der Waals surface area (Å²) >= 11 is 1.22. The number of likely N-dealkylation sites (N-methyl/N-ethyl adjacent to an activating group) is 2. The molecule has 0 saturated carbocycles. The van der Waals surface area contributed by atoms with Crippen LogP contribution in [0.2, 0.25) is 0 Å². The summed E-state index contributed by atoms with van der Waals surface area (Å²) in [7, 11) is 3.28. The van der Waals surface area contributed by atoms with Gasteiger partial charge >= 0.3 is 0 Å². The second kappa shape index (κ2) is 11.0. The Bertz CT molecular complexity index is 909. The number of nitrogens with one attached hydrogen (secondary N) is 2. The SMILES string of the molecule is CC[NH+](CC)CCn1c(SCC(=O)NCC(=O)N(C)C)nc2ccccc2c1=O. The number of nitrogens with zero attached hydrogens (tertiary/aromatic N) is 3. The molecular formula is C20H30N5O3S+. The molecule has 8 nitrogen and oxygen atoms in total. The third-order valence-electron chi connectivity index (χ3n) is 4.78. The van der Waals surface area contributed by atoms with Gasteiger partial charge in [-0.1, -0.05) is 23.9 Å². The van der Waals surface area contributed by atoms with Crippen molar-refractivity contribution in [3.63, 3.8) is 0 Å². The van der Waals surface area contributed by atoms with Crippen molar-refractivity contribution in [1.29, 1.82) is 0 Å². The molecule has 0 atom stereocenters. The van der Waals surface area contributed by atoms with Gasteiger partial charge in [0, 0.05) is 14.1 Å². The van der Waals surface area contributed by atoms with Gasteiger partial charge in [0.25, 0.3) is 5.56 Å². The molecule has 0 spiro atoms. The average molecular weight is 421 g/mol. The number of thioether (sulfide) groups is 1. The maximum Gasteiger partial charge on any atom is 0.262 e. The monoisotopic (exact) mass is 420 g/mol. The Hall–Kier alpha value is -2.39. The summed E-state index contributed by atoms with van der Waals surface area (Å²) in [6.45, 7) is 7.51. The second-order valence-corrected chi connectivity index (χ2v) is 7.87. The summed E-state index contributed by atoms with van der Waals surface area (Å²) in [5.74, 6) is -0.358. The van der Waals surface area contributed by atoms with Gasteiger partial charge in [-0.3, -0.25) is 19.0 Å². The Morgan fingerprint density at radius 2 is 1.90 bits per heavy atom. The molecule has 1 heterocycles. The Morgan fingerprint density at radius 1 is 1.21 bits per heavy atom. The van der Waals surface area contributed by atoms with Gasteiger partial charge < -0.3 is 15.1 Å². The molecule has 1 aromatic carbocycles. The molecule has 0 aliphatic carbocycles. The fourth-order valence-corrected chi connectivity index (χ4v) is 3.70. The number of rotatable bonds is 10. The van der Waals surface area contributed by atoms with E-state index in [1.54, 1.807) is 30.8 Å². The van der Waals surface area contributed by atoms with Crippen LogP contribution in [0.4, 0.5) is 0 Å². The van der Waals surface area contributed by atoms with E-state index in [1.807, 2.05) is 12.1 Å². The molecule has 9 heteroatoms. The fourth-order valence-electron chi connectivity index (χ4n) is 2.84. The molecule has 0 radical (unpaired) electrons. The minimum atomic E-state index is -0.270. The highest BCUT2D eigenvalue weighted by Gasteiger charge is 2.15. The Labute approximate surface area is 175 Å². The summed E-state index contributed by atoms with van der Waals surface area (Å²) in [4.78, 5) is 44.2. The number of benzene rings is 1. The molecule has 158 valence electrons. The van der Waals surface area contributed by atoms with Crippen LogP contribution in [0.3, 0.4) is 0 Å². The quantitative estimate of drug-likeness (QED) is 0.404. The molecule has 0 unspecified atom stereocenters. The molecule has 29 heavy (non-hydrogen) atoms. The zero-order valence-corrected chi connectivity index (χ0v) is 18.3. The van der Waals surface area contributed by atoms with Crippen LogP contribution in [-0.4, -0.2) is 72.3 Å². The minimum absolute atomic E-state index is 0.0460. The topological polar surface area (TPSA) is 88.7 Å². The van der Waals surface area contributed by atoms with Crippen LogP contribution in [0.5, 0.6) is 0 Å². The fraction of sp³-hybridized carbons (Fsp3) is 0.500. The molecule has 0 aliphatic rings. The minimum Gasteiger partial charge on any atom is -0.347 e. The predicted molar refractivity (Wildman–Crippen MR) is 115 cm³/mol. The van der Waals surface area contributed by atoms with Crippen molar-refractivity contribution >= 4 is 34.5 Å². The Kier molecular flexibility index (Phi) is 8.66. The summed E-state index contributed by atoms with van der Waals surface area (Å²) in [6.07, 6.45) is 0. The first kappa shape index (κ1) is 22.9. The third-order valence-corrected chi connectivity index (χ3v) is 5.76. The lowest BCUT2D eigenvalue weighted by atomic mass is 10.2. The highest BCUT2D eigenvalue weighted by atomic mass is 32.2. The summed E-state index contributed by atoms with van der Waals surface area (Å²) in [5, 5.41) is 3.70. The highest BCUT2D eigenvalue weighted by molar-refractivity contribution is 7.99. The van der Waals surface area contributed by atoms with E-state index in [4.69, 9.17) is 0 Å². The molecule has 0 aliphatic heterocycles. The molecular weight excluding hydrogens is 390 g/mol. The number of hydrogen-bond donors (Lipinski definition) is 2. The first-order chi connectivity index (χ1) is 13.9. The molecule has 1 aromatic heterocycles. The Morgan fingerprint density at radius 3 is 2.55 bits per heavy atom. The van der Waals surface area contributed by atoms with Gasteiger partial charge in [-0.2, -0.15) is 0 Å². The lowest BCUT2D eigenvalue weighted by molar-refractivity contribution is -0.897. The number of quaternary nitrogens is 1. The normalized spacial score (nSPS) is 11.1. The molecule has 2 amide bonds. The predicted octanol–water partition coefficient (Wildman–Crippen LogP) is -0.382. The smallest absolute Gasteiger partial charge is 0.262 e. The summed E-state index contributed by atoms with van der Waals surface area (Å²) in [5.41, 5.74) is 0.530. The van der Waals surface area contributed by atoms with E-state index in [0.29, 0.717) is 22.6 Å². The van der Waals surface area contributed by atoms with Crippen LogP contribution in [0.1, 0.15) is 13.8 Å². The number of fused-ring (bicyclic) bond motifs is 1. The van der Waals surface area contributed by atoms with Crippen molar-refractivity contribution in [2.24, 2.45) is 0 Å². The van der Waals surface area contributed by atoms with Crippen molar-refractivity contribution < 1.29 is 14.5 Å². The van der Waals surface area contributed by atoms with Gasteiger partial charge in [-0.25, -0.2) is 4.98 Å². The molecule has 0 bridgehead atoms. The molecule has 2 aromatic rings. The number of aromatic nitrogens is 2. The summed E-state index contributed by atoms with van der Waals surface area (Å²) < 4.78 is 1.66. The lowest BCUT2D eigenvalue weighted by Gasteiger charge is -2.18. The summed E-state index contributed by atoms with van der Waals surface area (Å²) in [6, 6.07) is 7.25. The van der Waals surface area contributed by atoms with Gasteiger partial charge in [-0.15, -0.1) is 0 Å². The number of para-hydroxylation sites is 1. The first-order valence-corrected chi connectivity index (χ1v) is 10.8. The molecule has 0 saturated heterocycles. The van der Waals surface area contributed by atoms with E-state index in [9.17, 15) is 14.4 Å². The van der Waals surface area contributed by atoms with Crippen molar-refractivity contribution in [1.82, 2.24) is 19.8 Å². The van der Waals surface area contributed by atoms with Crippen LogP contribution in [0.25, 0.3) is 10.9 Å². The van der Waals surface area contributed by atoms with Crippen LogP contribution >= 0.6 is 11.8 Å². The zero-order valence-electron chi connectivity index (χ0n) is 17.5. The van der Waals surface area contributed by atoms with E-state index in [2.05, 4.69) is 24.1 Å². The van der Waals surface area contributed by atoms with E-state index < -0.39 is 0 Å². The number of hydrogen-bond acceptors (Lipinski definition) is 5. The van der Waals surface area contributed by atoms with Gasteiger partial charge in [0.2, 0.25) is 11.8 Å². The van der Waals surface area contributed by atoms with E-state index in [0.717, 1.165) is 19.6 Å². The van der Waals surface area contributed by atoms with Crippen LogP contribution in [0, 0.1) is 0 Å². The van der Waals surface area contributed by atoms with Gasteiger partial charge in [0.05, 0.1) is 49.4 Å². The van der Waals surface area contributed by atoms with Gasteiger partial charge in [-0.05, 0) is 26.0 Å². The van der Waals surface area contributed by atoms with Crippen molar-refractivity contribution in [2.75, 3.05) is 46.0 Å². The maximum absolute atomic E-state index is 13.0. The van der Waals surface area contributed by atoms with Crippen LogP contribution in [-0.2, 0) is 16.1 Å². The van der Waals surface area contributed by atoms with Gasteiger partial charge in [0.1, 0.15) is 0 Å². The average Bonchev–Trinajstić information content (AvgIpc) is 2.72. The maximum atomic E-state index is 13.0. The van der Waals surface area contributed by atoms with Crippen molar-refractivity contribution in [3.8, 4) is 0 Å². The first-order valence-electron chi connectivity index (χ1n) is 9.80. The lowest BCUT2D eigenvalue weighted by Crippen LogP contribution is -3.11. The van der Waals surface area contributed by atoms with Crippen molar-refractivity contribution in [2.45, 2.75) is 25.5 Å². The molecule has 0 fully saturated rings. The number of carbonyl (C=O) groups excluding carboxylic acids is 2. The third kappa shape index (κ3) is 6.30. The largest absolute Gasteiger partial charge is 0.347 e. The Balaban J connectivity index is 2.19. The van der Waals surface area contributed by atoms with E-state index in [-0.39, 0.29) is 29.7 Å². The zero-order chi connectivity index (χ0) is 21.4. The van der Waals surface area contributed by atoms with Crippen LogP contribution < -0.4 is 15.8 Å². The van der Waals surface area contributed by atoms with Crippen LogP contribution in [0.15, 0.2) is 34.2 Å².